The lowest BCUT2D eigenvalue weighted by molar-refractivity contribution is -0.120. The first-order valence-corrected chi connectivity index (χ1v) is 6.11. The maximum Gasteiger partial charge on any atom is 0.227 e. The van der Waals surface area contributed by atoms with Crippen molar-refractivity contribution in [1.29, 1.82) is 0 Å². The van der Waals surface area contributed by atoms with Gasteiger partial charge in [0, 0.05) is 17.5 Å². The molecule has 18 heavy (non-hydrogen) atoms. The predicted octanol–water partition coefficient (Wildman–Crippen LogP) is 1.15. The molecule has 0 saturated heterocycles. The third-order valence-electron chi connectivity index (χ3n) is 3.37. The Morgan fingerprint density at radius 1 is 1.22 bits per heavy atom. The Bertz CT molecular complexity index is 438. The molecule has 4 nitrogen and oxygen atoms in total. The van der Waals surface area contributed by atoms with E-state index in [1.807, 2.05) is 6.07 Å². The average molecular weight is 247 g/mol. The molecule has 96 valence electrons. The van der Waals surface area contributed by atoms with Crippen LogP contribution in [-0.4, -0.2) is 29.9 Å². The van der Waals surface area contributed by atoms with E-state index >= 15 is 0 Å². The molecule has 1 amide bonds. The van der Waals surface area contributed by atoms with Gasteiger partial charge < -0.3 is 10.4 Å². The van der Waals surface area contributed by atoms with E-state index in [1.165, 1.54) is 0 Å². The van der Waals surface area contributed by atoms with Crippen LogP contribution in [0.25, 0.3) is 0 Å². The fraction of sp³-hybridized carbons (Fsp3) is 0.429. The fourth-order valence-electron chi connectivity index (χ4n) is 1.79. The molecule has 1 fully saturated rings. The van der Waals surface area contributed by atoms with Gasteiger partial charge >= 0.3 is 0 Å². The second kappa shape index (κ2) is 5.31. The van der Waals surface area contributed by atoms with E-state index in [1.54, 1.807) is 24.3 Å². The summed E-state index contributed by atoms with van der Waals surface area (Å²) in [5, 5.41) is 11.8. The highest BCUT2D eigenvalue weighted by molar-refractivity contribution is 6.07. The summed E-state index contributed by atoms with van der Waals surface area (Å²) in [6.07, 6.45) is 1.75. The number of aliphatic hydroxyl groups excluding tert-OH is 1. The summed E-state index contributed by atoms with van der Waals surface area (Å²) < 4.78 is 0. The maximum absolute atomic E-state index is 11.8. The maximum atomic E-state index is 11.8. The molecule has 4 heteroatoms. The van der Waals surface area contributed by atoms with E-state index in [0.29, 0.717) is 12.1 Å². The molecule has 0 spiro atoms. The van der Waals surface area contributed by atoms with Crippen molar-refractivity contribution in [1.82, 2.24) is 5.32 Å². The molecular weight excluding hydrogens is 230 g/mol. The van der Waals surface area contributed by atoms with Crippen LogP contribution in [0.4, 0.5) is 0 Å². The zero-order valence-electron chi connectivity index (χ0n) is 10.2. The largest absolute Gasteiger partial charge is 0.396 e. The number of aliphatic hydroxyl groups is 1. The number of nitrogens with one attached hydrogen (secondary N) is 1. The van der Waals surface area contributed by atoms with Gasteiger partial charge in [0.1, 0.15) is 0 Å². The number of carbonyl (C=O) groups excluding carboxylic acids is 2. The number of carbonyl (C=O) groups is 2. The Morgan fingerprint density at radius 2 is 1.89 bits per heavy atom. The van der Waals surface area contributed by atoms with E-state index in [4.69, 9.17) is 5.11 Å². The third-order valence-corrected chi connectivity index (χ3v) is 3.37. The van der Waals surface area contributed by atoms with Crippen molar-refractivity contribution in [3.63, 3.8) is 0 Å². The molecule has 1 aromatic rings. The molecular formula is C14H17NO3. The van der Waals surface area contributed by atoms with Crippen molar-refractivity contribution < 1.29 is 14.7 Å². The van der Waals surface area contributed by atoms with Crippen LogP contribution in [0.5, 0.6) is 0 Å². The summed E-state index contributed by atoms with van der Waals surface area (Å²) in [6.45, 7) is 0.560. The summed E-state index contributed by atoms with van der Waals surface area (Å²) in [4.78, 5) is 23.4. The molecule has 0 aromatic heterocycles. The average Bonchev–Trinajstić information content (AvgIpc) is 3.18. The smallest absolute Gasteiger partial charge is 0.227 e. The van der Waals surface area contributed by atoms with Gasteiger partial charge in [-0.3, -0.25) is 9.59 Å². The monoisotopic (exact) mass is 247 g/mol. The molecule has 1 aliphatic rings. The Labute approximate surface area is 106 Å². The normalized spacial score (nSPS) is 16.1. The van der Waals surface area contributed by atoms with Gasteiger partial charge in [-0.05, 0) is 12.8 Å². The number of benzene rings is 1. The van der Waals surface area contributed by atoms with Gasteiger partial charge in [0.15, 0.2) is 5.78 Å². The lowest BCUT2D eigenvalue weighted by Crippen LogP contribution is -2.33. The molecule has 2 N–H and O–H groups in total. The van der Waals surface area contributed by atoms with Crippen molar-refractivity contribution in [3.05, 3.63) is 35.9 Å². The van der Waals surface area contributed by atoms with Gasteiger partial charge in [-0.1, -0.05) is 30.3 Å². The van der Waals surface area contributed by atoms with Crippen LogP contribution in [0, 0.1) is 5.41 Å². The minimum Gasteiger partial charge on any atom is -0.396 e. The molecule has 0 aliphatic heterocycles. The van der Waals surface area contributed by atoms with Crippen LogP contribution >= 0.6 is 0 Å². The van der Waals surface area contributed by atoms with E-state index in [-0.39, 0.29) is 30.1 Å². The van der Waals surface area contributed by atoms with E-state index < -0.39 is 0 Å². The SMILES string of the molecule is O=C(CC(=O)c1ccccc1)NCC1(CO)CC1. The van der Waals surface area contributed by atoms with Gasteiger partial charge in [-0.15, -0.1) is 0 Å². The Kier molecular flexibility index (Phi) is 3.77. The van der Waals surface area contributed by atoms with Gasteiger partial charge in [0.05, 0.1) is 13.0 Å². The molecule has 1 aromatic carbocycles. The van der Waals surface area contributed by atoms with Gasteiger partial charge in [0.25, 0.3) is 0 Å². The predicted molar refractivity (Wildman–Crippen MR) is 67.2 cm³/mol. The van der Waals surface area contributed by atoms with Gasteiger partial charge in [-0.25, -0.2) is 0 Å². The summed E-state index contributed by atoms with van der Waals surface area (Å²) in [7, 11) is 0. The Morgan fingerprint density at radius 3 is 2.44 bits per heavy atom. The van der Waals surface area contributed by atoms with Crippen molar-refractivity contribution in [3.8, 4) is 0 Å². The molecule has 2 rings (SSSR count). The quantitative estimate of drug-likeness (QED) is 0.585. The standard InChI is InChI=1S/C14H17NO3/c16-10-14(6-7-14)9-15-13(18)8-12(17)11-4-2-1-3-5-11/h1-5,16H,6-10H2,(H,15,18). The van der Waals surface area contributed by atoms with Crippen molar-refractivity contribution in [2.45, 2.75) is 19.3 Å². The molecule has 0 radical (unpaired) electrons. The minimum atomic E-state index is -0.274. The first-order valence-electron chi connectivity index (χ1n) is 6.11. The number of hydrogen-bond acceptors (Lipinski definition) is 3. The number of Topliss-reactive ketones (excluding diaryl/α,β-unsaturated/α-hetero) is 1. The van der Waals surface area contributed by atoms with Crippen molar-refractivity contribution in [2.24, 2.45) is 5.41 Å². The number of rotatable bonds is 6. The zero-order chi connectivity index (χ0) is 13.0. The van der Waals surface area contributed by atoms with Crippen LogP contribution in [0.1, 0.15) is 29.6 Å². The van der Waals surface area contributed by atoms with Gasteiger partial charge in [-0.2, -0.15) is 0 Å². The summed E-state index contributed by atoms with van der Waals surface area (Å²) in [6, 6.07) is 8.78. The highest BCUT2D eigenvalue weighted by atomic mass is 16.3. The van der Waals surface area contributed by atoms with Crippen molar-refractivity contribution >= 4 is 11.7 Å². The molecule has 0 bridgehead atoms. The molecule has 1 saturated carbocycles. The number of ketones is 1. The first-order chi connectivity index (χ1) is 8.65. The Balaban J connectivity index is 1.79. The van der Waals surface area contributed by atoms with E-state index in [9.17, 15) is 9.59 Å². The first kappa shape index (κ1) is 12.8. The van der Waals surface area contributed by atoms with E-state index in [2.05, 4.69) is 5.32 Å². The zero-order valence-corrected chi connectivity index (χ0v) is 10.2. The fourth-order valence-corrected chi connectivity index (χ4v) is 1.79. The number of amides is 1. The van der Waals surface area contributed by atoms with Crippen LogP contribution in [0.3, 0.4) is 0 Å². The topological polar surface area (TPSA) is 66.4 Å². The Hall–Kier alpha value is -1.68. The van der Waals surface area contributed by atoms with Gasteiger partial charge in [0.2, 0.25) is 5.91 Å². The molecule has 0 atom stereocenters. The highest BCUT2D eigenvalue weighted by Gasteiger charge is 2.42. The third kappa shape index (κ3) is 3.17. The lowest BCUT2D eigenvalue weighted by atomic mass is 10.1. The summed E-state index contributed by atoms with van der Waals surface area (Å²) >= 11 is 0. The van der Waals surface area contributed by atoms with Crippen LogP contribution in [0.2, 0.25) is 0 Å². The second-order valence-corrected chi connectivity index (χ2v) is 4.90. The lowest BCUT2D eigenvalue weighted by Gasteiger charge is -2.12. The van der Waals surface area contributed by atoms with Crippen LogP contribution in [-0.2, 0) is 4.79 Å². The van der Waals surface area contributed by atoms with Crippen molar-refractivity contribution in [2.75, 3.05) is 13.2 Å². The molecule has 0 heterocycles. The molecule has 1 aliphatic carbocycles. The minimum absolute atomic E-state index is 0.0971. The highest BCUT2D eigenvalue weighted by Crippen LogP contribution is 2.44. The number of hydrogen-bond donors (Lipinski definition) is 2. The van der Waals surface area contributed by atoms with E-state index in [0.717, 1.165) is 12.8 Å². The van der Waals surface area contributed by atoms with Crippen LogP contribution < -0.4 is 5.32 Å². The second-order valence-electron chi connectivity index (χ2n) is 4.90. The summed E-state index contributed by atoms with van der Waals surface area (Å²) in [5.74, 6) is -0.453. The summed E-state index contributed by atoms with van der Waals surface area (Å²) in [5.41, 5.74) is 0.432. The molecule has 0 unspecified atom stereocenters. The van der Waals surface area contributed by atoms with Crippen LogP contribution in [0.15, 0.2) is 30.3 Å².